The van der Waals surface area contributed by atoms with Crippen LogP contribution in [0.4, 0.5) is 0 Å². The molecular weight excluding hydrogens is 232 g/mol. The quantitative estimate of drug-likeness (QED) is 0.591. The first-order valence-corrected chi connectivity index (χ1v) is 5.82. The van der Waals surface area contributed by atoms with Gasteiger partial charge >= 0.3 is 0 Å². The summed E-state index contributed by atoms with van der Waals surface area (Å²) in [6, 6.07) is 14.0. The Bertz CT molecular complexity index is 686. The van der Waals surface area contributed by atoms with Crippen molar-refractivity contribution in [2.45, 2.75) is 6.92 Å². The molecule has 3 rings (SSSR count). The predicted molar refractivity (Wildman–Crippen MR) is 70.4 cm³/mol. The first-order chi connectivity index (χ1) is 8.24. The van der Waals surface area contributed by atoms with Gasteiger partial charge in [0, 0.05) is 11.8 Å². The van der Waals surface area contributed by atoms with Crippen molar-refractivity contribution in [1.29, 1.82) is 0 Å². The second-order valence-electron chi connectivity index (χ2n) is 4.07. The van der Waals surface area contributed by atoms with Crippen molar-refractivity contribution in [3.63, 3.8) is 0 Å². The monoisotopic (exact) mass is 242 g/mol. The van der Waals surface area contributed by atoms with Crippen LogP contribution in [-0.4, -0.2) is 9.38 Å². The Morgan fingerprint density at radius 1 is 1.12 bits per heavy atom. The lowest BCUT2D eigenvalue weighted by Gasteiger charge is -1.97. The second-order valence-corrected chi connectivity index (χ2v) is 4.46. The summed E-state index contributed by atoms with van der Waals surface area (Å²) in [5, 5.41) is 0.675. The molecule has 2 aromatic heterocycles. The zero-order valence-corrected chi connectivity index (χ0v) is 10.1. The number of nitrogens with zero attached hydrogens (tertiary/aromatic N) is 2. The minimum Gasteiger partial charge on any atom is -0.290 e. The molecule has 1 aromatic carbocycles. The highest BCUT2D eigenvalue weighted by Gasteiger charge is 2.05. The molecule has 0 N–H and O–H groups in total. The lowest BCUT2D eigenvalue weighted by Crippen LogP contribution is -1.82. The predicted octanol–water partition coefficient (Wildman–Crippen LogP) is 3.96. The average Bonchev–Trinajstić information content (AvgIpc) is 2.74. The number of pyridine rings is 1. The van der Waals surface area contributed by atoms with E-state index in [4.69, 9.17) is 11.6 Å². The van der Waals surface area contributed by atoms with Crippen LogP contribution in [0.15, 0.2) is 48.7 Å². The van der Waals surface area contributed by atoms with Crippen LogP contribution in [0, 0.1) is 6.92 Å². The molecule has 0 saturated heterocycles. The fraction of sp³-hybridized carbons (Fsp3) is 0.0714. The van der Waals surface area contributed by atoms with Crippen LogP contribution in [0.5, 0.6) is 0 Å². The van der Waals surface area contributed by atoms with Crippen LogP contribution < -0.4 is 0 Å². The summed E-state index contributed by atoms with van der Waals surface area (Å²) in [5.74, 6) is 0. The molecule has 0 saturated carbocycles. The van der Waals surface area contributed by atoms with Gasteiger partial charge in [0.05, 0.1) is 5.69 Å². The number of rotatable bonds is 1. The van der Waals surface area contributed by atoms with Gasteiger partial charge in [0.1, 0.15) is 10.8 Å². The van der Waals surface area contributed by atoms with Crippen molar-refractivity contribution in [2.75, 3.05) is 0 Å². The highest BCUT2D eigenvalue weighted by atomic mass is 35.5. The smallest absolute Gasteiger partial charge is 0.138 e. The topological polar surface area (TPSA) is 17.3 Å². The third kappa shape index (κ3) is 1.81. The number of halogens is 1. The van der Waals surface area contributed by atoms with Gasteiger partial charge in [0.15, 0.2) is 0 Å². The van der Waals surface area contributed by atoms with Gasteiger partial charge in [-0.2, -0.15) is 0 Å². The third-order valence-electron chi connectivity index (χ3n) is 2.76. The van der Waals surface area contributed by atoms with Crippen molar-refractivity contribution in [3.8, 4) is 11.3 Å². The Hall–Kier alpha value is -1.80. The number of aromatic nitrogens is 2. The van der Waals surface area contributed by atoms with Gasteiger partial charge in [-0.3, -0.25) is 4.40 Å². The molecular formula is C14H11ClN2. The van der Waals surface area contributed by atoms with Gasteiger partial charge in [0.25, 0.3) is 0 Å². The second kappa shape index (κ2) is 3.90. The number of fused-ring (bicyclic) bond motifs is 1. The Morgan fingerprint density at radius 3 is 2.71 bits per heavy atom. The molecule has 0 aliphatic carbocycles. The van der Waals surface area contributed by atoms with Crippen LogP contribution >= 0.6 is 11.6 Å². The molecule has 0 radical (unpaired) electrons. The molecule has 0 bridgehead atoms. The molecule has 0 fully saturated rings. The van der Waals surface area contributed by atoms with Crippen molar-refractivity contribution < 1.29 is 0 Å². The van der Waals surface area contributed by atoms with Crippen LogP contribution in [0.25, 0.3) is 16.9 Å². The van der Waals surface area contributed by atoms with Crippen molar-refractivity contribution in [1.82, 2.24) is 9.38 Å². The average molecular weight is 243 g/mol. The lowest BCUT2D eigenvalue weighted by atomic mass is 10.1. The van der Waals surface area contributed by atoms with Crippen molar-refractivity contribution >= 4 is 17.2 Å². The summed E-state index contributed by atoms with van der Waals surface area (Å²) >= 11 is 6.11. The van der Waals surface area contributed by atoms with Crippen molar-refractivity contribution in [3.05, 3.63) is 59.4 Å². The zero-order valence-electron chi connectivity index (χ0n) is 9.39. The zero-order chi connectivity index (χ0) is 11.8. The Labute approximate surface area is 104 Å². The third-order valence-corrected chi connectivity index (χ3v) is 3.06. The molecule has 0 aliphatic rings. The van der Waals surface area contributed by atoms with E-state index >= 15 is 0 Å². The molecule has 0 atom stereocenters. The van der Waals surface area contributed by atoms with Gasteiger partial charge < -0.3 is 0 Å². The number of hydrogen-bond acceptors (Lipinski definition) is 1. The van der Waals surface area contributed by atoms with E-state index in [1.165, 1.54) is 5.56 Å². The normalized spacial score (nSPS) is 10.9. The summed E-state index contributed by atoms with van der Waals surface area (Å²) in [7, 11) is 0. The highest BCUT2D eigenvalue weighted by Crippen LogP contribution is 2.22. The van der Waals surface area contributed by atoms with Crippen LogP contribution in [0.3, 0.4) is 0 Å². The van der Waals surface area contributed by atoms with Gasteiger partial charge in [-0.15, -0.1) is 0 Å². The molecule has 3 heteroatoms. The van der Waals surface area contributed by atoms with E-state index in [-0.39, 0.29) is 0 Å². The molecule has 84 valence electrons. The van der Waals surface area contributed by atoms with E-state index in [1.807, 2.05) is 34.9 Å². The van der Waals surface area contributed by atoms with Gasteiger partial charge in [-0.1, -0.05) is 41.4 Å². The molecule has 0 spiro atoms. The van der Waals surface area contributed by atoms with Crippen LogP contribution in [0.1, 0.15) is 5.56 Å². The first kappa shape index (κ1) is 10.4. The Morgan fingerprint density at radius 2 is 1.94 bits per heavy atom. The van der Waals surface area contributed by atoms with E-state index in [9.17, 15) is 0 Å². The fourth-order valence-electron chi connectivity index (χ4n) is 1.92. The minimum absolute atomic E-state index is 0.675. The molecule has 0 aliphatic heterocycles. The van der Waals surface area contributed by atoms with Gasteiger partial charge in [0.2, 0.25) is 0 Å². The number of benzene rings is 1. The van der Waals surface area contributed by atoms with E-state index in [0.717, 1.165) is 16.9 Å². The lowest BCUT2D eigenvalue weighted by molar-refractivity contribution is 1.19. The van der Waals surface area contributed by atoms with E-state index in [2.05, 4.69) is 30.1 Å². The van der Waals surface area contributed by atoms with E-state index in [0.29, 0.717) is 5.15 Å². The number of imidazole rings is 1. The maximum Gasteiger partial charge on any atom is 0.138 e. The maximum atomic E-state index is 6.11. The largest absolute Gasteiger partial charge is 0.290 e. The fourth-order valence-corrected chi connectivity index (χ4v) is 2.13. The van der Waals surface area contributed by atoms with Crippen LogP contribution in [-0.2, 0) is 0 Å². The molecule has 2 nitrogen and oxygen atoms in total. The van der Waals surface area contributed by atoms with Crippen molar-refractivity contribution in [2.24, 2.45) is 0 Å². The summed E-state index contributed by atoms with van der Waals surface area (Å²) in [6.07, 6.45) is 1.96. The molecule has 0 unspecified atom stereocenters. The summed E-state index contributed by atoms with van der Waals surface area (Å²) in [4.78, 5) is 4.56. The Kier molecular flexibility index (Phi) is 2.37. The minimum atomic E-state index is 0.675. The molecule has 0 amide bonds. The van der Waals surface area contributed by atoms with Crippen LogP contribution in [0.2, 0.25) is 5.15 Å². The van der Waals surface area contributed by atoms with Gasteiger partial charge in [-0.05, 0) is 25.1 Å². The van der Waals surface area contributed by atoms with Gasteiger partial charge in [-0.25, -0.2) is 4.98 Å². The number of hydrogen-bond donors (Lipinski definition) is 0. The highest BCUT2D eigenvalue weighted by molar-refractivity contribution is 6.29. The standard InChI is InChI=1S/C14H11ClN2/c1-10-4-2-5-11(8-10)12-9-17-13(15)6-3-7-14(17)16-12/h2-9H,1H3. The summed E-state index contributed by atoms with van der Waals surface area (Å²) in [5.41, 5.74) is 4.16. The summed E-state index contributed by atoms with van der Waals surface area (Å²) < 4.78 is 1.89. The number of aryl methyl sites for hydroxylation is 1. The molecule has 3 aromatic rings. The molecule has 2 heterocycles. The Balaban J connectivity index is 2.22. The summed E-state index contributed by atoms with van der Waals surface area (Å²) in [6.45, 7) is 2.08. The maximum absolute atomic E-state index is 6.11. The van der Waals surface area contributed by atoms with E-state index in [1.54, 1.807) is 0 Å². The van der Waals surface area contributed by atoms with E-state index < -0.39 is 0 Å². The SMILES string of the molecule is Cc1cccc(-c2cn3c(Cl)cccc3n2)c1. The first-order valence-electron chi connectivity index (χ1n) is 5.45. The molecule has 17 heavy (non-hydrogen) atoms.